The van der Waals surface area contributed by atoms with E-state index in [4.69, 9.17) is 44.2 Å². The van der Waals surface area contributed by atoms with Crippen molar-refractivity contribution in [2.45, 2.75) is 121 Å². The number of carboxylic acid groups (broad SMARTS) is 1. The minimum absolute atomic E-state index is 0.0275. The van der Waals surface area contributed by atoms with E-state index in [0.717, 1.165) is 43.5 Å². The normalized spacial score (nSPS) is 24.6. The fraction of sp³-hybridized carbons (Fsp3) is 0.661. The van der Waals surface area contributed by atoms with Gasteiger partial charge in [-0.15, -0.1) is 0 Å². The zero-order chi connectivity index (χ0) is 62.7. The zero-order valence-electron chi connectivity index (χ0n) is 48.1. The van der Waals surface area contributed by atoms with Gasteiger partial charge in [0, 0.05) is 102 Å². The van der Waals surface area contributed by atoms with E-state index in [-0.39, 0.29) is 95.9 Å². The molecule has 30 heteroatoms. The van der Waals surface area contributed by atoms with Gasteiger partial charge in [0.2, 0.25) is 17.7 Å². The first-order chi connectivity index (χ1) is 40.5. The van der Waals surface area contributed by atoms with Crippen LogP contribution < -0.4 is 11.1 Å². The maximum absolute atomic E-state index is 14.8. The van der Waals surface area contributed by atoms with Gasteiger partial charge in [-0.25, -0.2) is 27.2 Å². The van der Waals surface area contributed by atoms with E-state index in [1.165, 1.54) is 31.9 Å². The van der Waals surface area contributed by atoms with Crippen molar-refractivity contribution in [3.05, 3.63) is 68.7 Å². The Labute approximate surface area is 508 Å². The number of benzene rings is 2. The average molecular weight is 1290 g/mol. The summed E-state index contributed by atoms with van der Waals surface area (Å²) < 4.78 is 118. The molecule has 2 aromatic carbocycles. The number of carbonyl (C=O) groups is 5. The summed E-state index contributed by atoms with van der Waals surface area (Å²) in [4.78, 5) is 67.3. The molecular weight excluding hydrogens is 1210 g/mol. The number of amides is 4. The third-order valence-electron chi connectivity index (χ3n) is 17.3. The molecule has 22 nitrogen and oxygen atoms in total. The van der Waals surface area contributed by atoms with E-state index in [2.05, 4.69) is 11.4 Å². The average Bonchev–Trinajstić information content (AvgIpc) is 1.22. The molecule has 6 atom stereocenters. The minimum atomic E-state index is -3.76. The van der Waals surface area contributed by atoms with Crippen LogP contribution in [0.1, 0.15) is 115 Å². The van der Waals surface area contributed by atoms with E-state index < -0.39 is 103 Å². The number of nitrogens with one attached hydrogen (secondary N) is 1. The van der Waals surface area contributed by atoms with Crippen molar-refractivity contribution < 1.29 is 68.2 Å². The molecule has 8 fully saturated rings. The lowest BCUT2D eigenvalue weighted by molar-refractivity contribution is -0.150. The molecule has 0 bridgehead atoms. The molecule has 7 aliphatic heterocycles. The number of aliphatic carboxylic acids is 1. The predicted molar refractivity (Wildman–Crippen MR) is 304 cm³/mol. The first-order valence-electron chi connectivity index (χ1n) is 29.0. The van der Waals surface area contributed by atoms with Crippen LogP contribution in [0.2, 0.25) is 10.0 Å². The number of hydrogen-bond donors (Lipinski definition) is 3. The maximum Gasteiger partial charge on any atom is 0.410 e. The first-order valence-corrected chi connectivity index (χ1v) is 32.5. The van der Waals surface area contributed by atoms with E-state index in [0.29, 0.717) is 90.6 Å². The van der Waals surface area contributed by atoms with E-state index in [9.17, 15) is 63.5 Å². The molecule has 7 saturated heterocycles. The second kappa shape index (κ2) is 27.5. The monoisotopic (exact) mass is 1290 g/mol. The number of likely N-dealkylation sites (tertiary alicyclic amines) is 3. The second-order valence-electron chi connectivity index (χ2n) is 24.3. The molecule has 472 valence electrons. The SMILES string of the molecule is CC(C)(C)OC(=O)N1CC(C(N)c2cc(F)c(Cl)cc2F)C1.N#CC1CN(S(=O)(=O)N2CCC[C@H](C(=O)N3CCC[C@@H]3C(=O)NC(c3cc(F)c(Cl)cc3F)C3CCC3)C2)C1.N#CC1CN(S(=O)(=O)N2CCC[C@H](C(=O)N3CCC[C@@H]3C(=O)O)C2)C1. The Hall–Kier alpha value is -5.43. The Morgan fingerprint density at radius 2 is 1.06 bits per heavy atom. The number of rotatable bonds is 13. The van der Waals surface area contributed by atoms with Gasteiger partial charge in [-0.2, -0.15) is 44.6 Å². The first kappa shape index (κ1) is 66.5. The van der Waals surface area contributed by atoms with Gasteiger partial charge in [0.15, 0.2) is 0 Å². The number of halogens is 6. The molecular formula is C56H73Cl2F4N11O11S2. The lowest BCUT2D eigenvalue weighted by Gasteiger charge is -2.42. The lowest BCUT2D eigenvalue weighted by Crippen LogP contribution is -2.57. The smallest absolute Gasteiger partial charge is 0.410 e. The van der Waals surface area contributed by atoms with Gasteiger partial charge in [-0.3, -0.25) is 14.4 Å². The third kappa shape index (κ3) is 15.0. The minimum Gasteiger partial charge on any atom is -0.480 e. The molecule has 1 aliphatic carbocycles. The van der Waals surface area contributed by atoms with E-state index in [1.54, 1.807) is 20.8 Å². The van der Waals surface area contributed by atoms with Crippen LogP contribution in [0.15, 0.2) is 24.3 Å². The molecule has 8 aliphatic rings. The van der Waals surface area contributed by atoms with Crippen molar-refractivity contribution >= 4 is 73.4 Å². The highest BCUT2D eigenvalue weighted by atomic mass is 35.5. The van der Waals surface area contributed by atoms with Crippen LogP contribution in [-0.2, 0) is 44.3 Å². The van der Waals surface area contributed by atoms with Crippen LogP contribution in [0.5, 0.6) is 0 Å². The van der Waals surface area contributed by atoms with Gasteiger partial charge < -0.3 is 35.6 Å². The van der Waals surface area contributed by atoms with Gasteiger partial charge >= 0.3 is 12.1 Å². The summed E-state index contributed by atoms with van der Waals surface area (Å²) in [7, 11) is -7.42. The number of hydrogen-bond acceptors (Lipinski definition) is 13. The number of nitrogens with zero attached hydrogens (tertiary/aromatic N) is 9. The molecule has 1 saturated carbocycles. The largest absolute Gasteiger partial charge is 0.480 e. The van der Waals surface area contributed by atoms with Crippen molar-refractivity contribution in [3.63, 3.8) is 0 Å². The Balaban J connectivity index is 0.000000177. The number of ether oxygens (including phenoxy) is 1. The molecule has 4 N–H and O–H groups in total. The summed E-state index contributed by atoms with van der Waals surface area (Å²) in [6.07, 6.45) is 6.32. The van der Waals surface area contributed by atoms with Crippen molar-refractivity contribution in [1.82, 2.24) is 37.2 Å². The van der Waals surface area contributed by atoms with E-state index in [1.807, 2.05) is 6.07 Å². The molecule has 2 aromatic rings. The van der Waals surface area contributed by atoms with Crippen LogP contribution in [0.25, 0.3) is 0 Å². The standard InChI is InChI=1S/C26H32ClF2N5O4S.C15H19ClF2N2O2.C15H22N4O5S/c27-20-11-21(28)19(10-22(20)29)24(17-4-1-5-17)31-25(35)23-7-3-9-34(23)26(36)18-6-2-8-32(15-18)39(37,38)33-13-16(12-30)14-33;1-15(2,3)22-14(21)20-6-8(7-20)13(19)9-4-12(18)10(16)5-11(9)17;16-7-11-8-18(9-11)25(23,24)17-5-1-3-12(10-17)14(20)19-6-2-4-13(19)15(21)22/h10-11,16-18,23-24H,1-9,13-15H2,(H,31,35);4-5,8,13H,6-7,19H2,1-3H3;11-13H,1-6,8-10H2,(H,21,22)/t18-,23+,24?;;12-,13+/m0.0/s1. The van der Waals surface area contributed by atoms with Gasteiger partial charge in [0.25, 0.3) is 20.4 Å². The summed E-state index contributed by atoms with van der Waals surface area (Å²) >= 11 is 11.3. The van der Waals surface area contributed by atoms with Crippen LogP contribution in [0, 0.1) is 81.4 Å². The molecule has 86 heavy (non-hydrogen) atoms. The topological polar surface area (TPSA) is 291 Å². The molecule has 0 aromatic heterocycles. The highest BCUT2D eigenvalue weighted by Gasteiger charge is 2.47. The Morgan fingerprint density at radius 3 is 1.50 bits per heavy atom. The highest BCUT2D eigenvalue weighted by Crippen LogP contribution is 2.41. The Kier molecular flexibility index (Phi) is 21.3. The summed E-state index contributed by atoms with van der Waals surface area (Å²) in [6, 6.07) is 4.98. The van der Waals surface area contributed by atoms with Gasteiger partial charge in [-0.05, 0) is 115 Å². The van der Waals surface area contributed by atoms with Gasteiger partial charge in [0.05, 0.1) is 51.9 Å². The van der Waals surface area contributed by atoms with E-state index >= 15 is 0 Å². The van der Waals surface area contributed by atoms with Crippen LogP contribution >= 0.6 is 23.2 Å². The quantitative estimate of drug-likeness (QED) is 0.155. The Bertz CT molecular complexity index is 3210. The number of nitriles is 2. The summed E-state index contributed by atoms with van der Waals surface area (Å²) in [6.45, 7) is 8.27. The van der Waals surface area contributed by atoms with Crippen LogP contribution in [0.3, 0.4) is 0 Å². The van der Waals surface area contributed by atoms with Crippen LogP contribution in [0.4, 0.5) is 22.4 Å². The number of carboxylic acids is 1. The molecule has 4 amide bonds. The molecule has 7 heterocycles. The fourth-order valence-electron chi connectivity index (χ4n) is 12.0. The van der Waals surface area contributed by atoms with Gasteiger partial charge in [-0.1, -0.05) is 29.6 Å². The van der Waals surface area contributed by atoms with Crippen molar-refractivity contribution in [2.75, 3.05) is 78.5 Å². The number of nitrogens with two attached hydrogens (primary N) is 1. The van der Waals surface area contributed by atoms with Crippen molar-refractivity contribution in [1.29, 1.82) is 10.5 Å². The fourth-order valence-corrected chi connectivity index (χ4v) is 15.9. The zero-order valence-corrected chi connectivity index (χ0v) is 51.2. The predicted octanol–water partition coefficient (Wildman–Crippen LogP) is 5.94. The molecule has 0 spiro atoms. The molecule has 2 unspecified atom stereocenters. The summed E-state index contributed by atoms with van der Waals surface area (Å²) in [5, 5.41) is 29.3. The third-order valence-corrected chi connectivity index (χ3v) is 21.7. The van der Waals surface area contributed by atoms with Crippen molar-refractivity contribution in [3.8, 4) is 12.1 Å². The van der Waals surface area contributed by atoms with Crippen molar-refractivity contribution in [2.24, 2.45) is 41.2 Å². The van der Waals surface area contributed by atoms with Gasteiger partial charge in [0.1, 0.15) is 41.0 Å². The lowest BCUT2D eigenvalue weighted by atomic mass is 9.77. The molecule has 0 radical (unpaired) electrons. The Morgan fingerprint density at radius 1 is 0.616 bits per heavy atom. The summed E-state index contributed by atoms with van der Waals surface area (Å²) in [5.41, 5.74) is 5.52. The maximum atomic E-state index is 14.8. The van der Waals surface area contributed by atoms with Crippen LogP contribution in [-0.4, -0.2) is 180 Å². The number of piperidine rings is 2. The molecule has 10 rings (SSSR count). The highest BCUT2D eigenvalue weighted by molar-refractivity contribution is 7.87. The summed E-state index contributed by atoms with van der Waals surface area (Å²) in [5.74, 6) is -6.62. The second-order valence-corrected chi connectivity index (χ2v) is 29.0. The number of carbonyl (C=O) groups excluding carboxylic acids is 4.